The molecule has 0 atom stereocenters. The highest BCUT2D eigenvalue weighted by Gasteiger charge is 2.13. The Hall–Kier alpha value is -1.24. The molecule has 2 aromatic rings. The van der Waals surface area contributed by atoms with E-state index < -0.39 is 0 Å². The van der Waals surface area contributed by atoms with Gasteiger partial charge >= 0.3 is 0 Å². The Bertz CT molecular complexity index is 611. The van der Waals surface area contributed by atoms with Crippen LogP contribution in [0, 0.1) is 17.4 Å². The minimum Gasteiger partial charge on any atom is -0.383 e. The van der Waals surface area contributed by atoms with E-state index in [9.17, 15) is 0 Å². The Balaban J connectivity index is 2.56. The number of nitrogens with two attached hydrogens (primary N) is 1. The highest BCUT2D eigenvalue weighted by atomic mass is 127. The lowest BCUT2D eigenvalue weighted by Crippen LogP contribution is -2.06. The second-order valence-corrected chi connectivity index (χ2v) is 5.70. The number of hydrogen-bond donors (Lipinski definition) is 1. The van der Waals surface area contributed by atoms with Gasteiger partial charge in [-0.25, -0.2) is 9.97 Å². The molecule has 0 aliphatic heterocycles. The summed E-state index contributed by atoms with van der Waals surface area (Å²) in [5, 5.41) is 0. The lowest BCUT2D eigenvalue weighted by Gasteiger charge is -2.09. The van der Waals surface area contributed by atoms with Crippen LogP contribution in [-0.2, 0) is 6.42 Å². The first kappa shape index (κ1) is 14.2. The van der Waals surface area contributed by atoms with Crippen molar-refractivity contribution in [2.24, 2.45) is 0 Å². The first-order chi connectivity index (χ1) is 9.02. The monoisotopic (exact) mass is 368 g/mol. The molecular weight excluding hydrogens is 351 g/mol. The molecule has 0 aliphatic carbocycles. The Morgan fingerprint density at radius 3 is 2.63 bits per heavy atom. The molecule has 5 heteroatoms. The third-order valence-electron chi connectivity index (χ3n) is 2.86. The summed E-state index contributed by atoms with van der Waals surface area (Å²) in [6.07, 6.45) is 3.77. The third-order valence-corrected chi connectivity index (χ3v) is 4.03. The van der Waals surface area contributed by atoms with E-state index in [2.05, 4.69) is 50.5 Å². The van der Waals surface area contributed by atoms with Gasteiger partial charge in [0.05, 0.1) is 9.26 Å². The van der Waals surface area contributed by atoms with Gasteiger partial charge in [-0.15, -0.1) is 0 Å². The van der Waals surface area contributed by atoms with Crippen LogP contribution in [-0.4, -0.2) is 15.0 Å². The van der Waals surface area contributed by atoms with Crippen LogP contribution in [0.1, 0.15) is 30.2 Å². The second-order valence-electron chi connectivity index (χ2n) is 4.62. The molecule has 0 spiro atoms. The van der Waals surface area contributed by atoms with E-state index in [0.29, 0.717) is 11.6 Å². The van der Waals surface area contributed by atoms with E-state index in [1.165, 1.54) is 0 Å². The Morgan fingerprint density at radius 2 is 2.00 bits per heavy atom. The molecule has 2 aromatic heterocycles. The third kappa shape index (κ3) is 3.02. The quantitative estimate of drug-likeness (QED) is 0.845. The van der Waals surface area contributed by atoms with Crippen LogP contribution < -0.4 is 5.73 Å². The molecule has 2 rings (SSSR count). The van der Waals surface area contributed by atoms with E-state index in [4.69, 9.17) is 5.73 Å². The van der Waals surface area contributed by atoms with E-state index in [-0.39, 0.29) is 0 Å². The number of nitrogens with zero attached hydrogens (tertiary/aromatic N) is 3. The minimum absolute atomic E-state index is 0.538. The lowest BCUT2D eigenvalue weighted by molar-refractivity contribution is 0.867. The number of anilines is 1. The van der Waals surface area contributed by atoms with Crippen LogP contribution in [0.3, 0.4) is 0 Å². The SMILES string of the molecule is CCCc1nc(-c2ncc(C)cc2C)nc(N)c1I. The molecule has 0 amide bonds. The van der Waals surface area contributed by atoms with E-state index in [1.807, 2.05) is 20.0 Å². The zero-order valence-corrected chi connectivity index (χ0v) is 13.5. The van der Waals surface area contributed by atoms with Crippen molar-refractivity contribution >= 4 is 28.4 Å². The van der Waals surface area contributed by atoms with Gasteiger partial charge in [-0.2, -0.15) is 0 Å². The first-order valence-corrected chi connectivity index (χ1v) is 7.36. The molecule has 4 nitrogen and oxygen atoms in total. The van der Waals surface area contributed by atoms with Gasteiger partial charge in [-0.1, -0.05) is 19.4 Å². The topological polar surface area (TPSA) is 64.7 Å². The molecular formula is C14H17IN4. The number of hydrogen-bond acceptors (Lipinski definition) is 4. The molecule has 2 N–H and O–H groups in total. The smallest absolute Gasteiger partial charge is 0.180 e. The molecule has 2 heterocycles. The molecule has 100 valence electrons. The number of aryl methyl sites for hydroxylation is 3. The van der Waals surface area contributed by atoms with Gasteiger partial charge in [0.2, 0.25) is 0 Å². The average Bonchev–Trinajstić information content (AvgIpc) is 2.35. The lowest BCUT2D eigenvalue weighted by atomic mass is 10.1. The van der Waals surface area contributed by atoms with Crippen LogP contribution in [0.4, 0.5) is 5.82 Å². The predicted octanol–water partition coefficient (Wildman–Crippen LogP) is 3.29. The summed E-state index contributed by atoms with van der Waals surface area (Å²) in [7, 11) is 0. The van der Waals surface area contributed by atoms with Crippen molar-refractivity contribution in [2.75, 3.05) is 5.73 Å². The Labute approximate surface area is 127 Å². The van der Waals surface area contributed by atoms with Gasteiger partial charge in [0.25, 0.3) is 0 Å². The summed E-state index contributed by atoms with van der Waals surface area (Å²) in [6.45, 7) is 6.17. The Morgan fingerprint density at radius 1 is 1.26 bits per heavy atom. The molecule has 0 bridgehead atoms. The standard InChI is InChI=1S/C14H17IN4/c1-4-5-10-11(15)13(16)19-14(18-10)12-9(3)6-8(2)7-17-12/h6-7H,4-5H2,1-3H3,(H2,16,18,19). The number of aromatic nitrogens is 3. The van der Waals surface area contributed by atoms with Crippen molar-refractivity contribution in [2.45, 2.75) is 33.6 Å². The summed E-state index contributed by atoms with van der Waals surface area (Å²) in [5.41, 5.74) is 10.0. The molecule has 0 saturated carbocycles. The summed E-state index contributed by atoms with van der Waals surface area (Å²) in [6, 6.07) is 2.08. The maximum Gasteiger partial charge on any atom is 0.180 e. The van der Waals surface area contributed by atoms with Crippen LogP contribution >= 0.6 is 22.6 Å². The van der Waals surface area contributed by atoms with Crippen molar-refractivity contribution in [1.82, 2.24) is 15.0 Å². The fraction of sp³-hybridized carbons (Fsp3) is 0.357. The predicted molar refractivity (Wildman–Crippen MR) is 85.9 cm³/mol. The molecule has 0 unspecified atom stereocenters. The summed E-state index contributed by atoms with van der Waals surface area (Å²) < 4.78 is 0.952. The second kappa shape index (κ2) is 5.81. The minimum atomic E-state index is 0.538. The van der Waals surface area contributed by atoms with Gasteiger partial charge in [-0.05, 0) is 54.0 Å². The van der Waals surface area contributed by atoms with Crippen LogP contribution in [0.5, 0.6) is 0 Å². The van der Waals surface area contributed by atoms with Gasteiger partial charge in [0, 0.05) is 6.20 Å². The van der Waals surface area contributed by atoms with Gasteiger partial charge < -0.3 is 5.73 Å². The van der Waals surface area contributed by atoms with E-state index >= 15 is 0 Å². The fourth-order valence-electron chi connectivity index (χ4n) is 1.97. The Kier molecular flexibility index (Phi) is 4.34. The van der Waals surface area contributed by atoms with Crippen molar-refractivity contribution in [1.29, 1.82) is 0 Å². The summed E-state index contributed by atoms with van der Waals surface area (Å²) in [4.78, 5) is 13.4. The van der Waals surface area contributed by atoms with Crippen molar-refractivity contribution in [3.63, 3.8) is 0 Å². The molecule has 0 saturated heterocycles. The normalized spacial score (nSPS) is 10.7. The van der Waals surface area contributed by atoms with Crippen LogP contribution in [0.2, 0.25) is 0 Å². The largest absolute Gasteiger partial charge is 0.383 e. The number of rotatable bonds is 3. The maximum atomic E-state index is 5.98. The summed E-state index contributed by atoms with van der Waals surface area (Å²) >= 11 is 2.21. The average molecular weight is 368 g/mol. The van der Waals surface area contributed by atoms with Crippen LogP contribution in [0.25, 0.3) is 11.5 Å². The molecule has 19 heavy (non-hydrogen) atoms. The van der Waals surface area contributed by atoms with Gasteiger partial charge in [-0.3, -0.25) is 4.98 Å². The summed E-state index contributed by atoms with van der Waals surface area (Å²) in [5.74, 6) is 1.16. The van der Waals surface area contributed by atoms with Gasteiger partial charge in [0.15, 0.2) is 5.82 Å². The maximum absolute atomic E-state index is 5.98. The van der Waals surface area contributed by atoms with E-state index in [0.717, 1.165) is 38.9 Å². The molecule has 0 aromatic carbocycles. The van der Waals surface area contributed by atoms with Crippen molar-refractivity contribution in [3.8, 4) is 11.5 Å². The highest BCUT2D eigenvalue weighted by Crippen LogP contribution is 2.24. The zero-order chi connectivity index (χ0) is 14.0. The molecule has 0 radical (unpaired) electrons. The first-order valence-electron chi connectivity index (χ1n) is 6.28. The highest BCUT2D eigenvalue weighted by molar-refractivity contribution is 14.1. The molecule has 0 aliphatic rings. The van der Waals surface area contributed by atoms with Crippen molar-refractivity contribution in [3.05, 3.63) is 32.7 Å². The number of nitrogen functional groups attached to an aromatic ring is 1. The number of pyridine rings is 1. The van der Waals surface area contributed by atoms with Crippen molar-refractivity contribution < 1.29 is 0 Å². The van der Waals surface area contributed by atoms with Crippen LogP contribution in [0.15, 0.2) is 12.3 Å². The number of halogens is 1. The fourth-order valence-corrected chi connectivity index (χ4v) is 2.48. The van der Waals surface area contributed by atoms with E-state index in [1.54, 1.807) is 0 Å². The molecule has 0 fully saturated rings. The van der Waals surface area contributed by atoms with Gasteiger partial charge in [0.1, 0.15) is 11.5 Å². The zero-order valence-electron chi connectivity index (χ0n) is 11.4.